The van der Waals surface area contributed by atoms with E-state index in [1.54, 1.807) is 20.1 Å². The zero-order chi connectivity index (χ0) is 27.1. The summed E-state index contributed by atoms with van der Waals surface area (Å²) in [6.07, 6.45) is 1.71. The average Bonchev–Trinajstić information content (AvgIpc) is 2.70. The van der Waals surface area contributed by atoms with Gasteiger partial charge in [0.1, 0.15) is 17.5 Å². The van der Waals surface area contributed by atoms with E-state index in [1.807, 2.05) is 45.0 Å². The molecule has 0 radical (unpaired) electrons. The second kappa shape index (κ2) is 12.5. The molecular formula is C28H48O6Si. The van der Waals surface area contributed by atoms with Crippen molar-refractivity contribution >= 4 is 14.3 Å². The standard InChI is InChI=1S/C28H48O6Si/c1-12-24(32-20-21-13-15-22(31-9)16-14-21)28(8,30)18-17-23(19-25(29)33-26(2,3)4)34-35(10,11)27(5,6)7/h12-16,23-24,30H,1,17-20H2,2-11H3/t23-,24+,28-/m1/s1. The van der Waals surface area contributed by atoms with Gasteiger partial charge < -0.3 is 23.7 Å². The molecule has 1 aromatic rings. The van der Waals surface area contributed by atoms with Crippen LogP contribution in [0.2, 0.25) is 18.1 Å². The number of carbonyl (C=O) groups excluding carboxylic acids is 1. The van der Waals surface area contributed by atoms with Gasteiger partial charge in [0.25, 0.3) is 0 Å². The van der Waals surface area contributed by atoms with Crippen molar-refractivity contribution in [3.63, 3.8) is 0 Å². The van der Waals surface area contributed by atoms with E-state index in [2.05, 4.69) is 40.4 Å². The van der Waals surface area contributed by atoms with Crippen LogP contribution >= 0.6 is 0 Å². The van der Waals surface area contributed by atoms with Crippen LogP contribution in [0.5, 0.6) is 5.75 Å². The Bertz CT molecular complexity index is 802. The van der Waals surface area contributed by atoms with E-state index < -0.39 is 25.6 Å². The molecule has 0 bridgehead atoms. The Balaban J connectivity index is 2.90. The molecule has 7 heteroatoms. The lowest BCUT2D eigenvalue weighted by molar-refractivity contribution is -0.157. The van der Waals surface area contributed by atoms with Crippen LogP contribution in [0.4, 0.5) is 0 Å². The molecule has 1 N–H and O–H groups in total. The fourth-order valence-electron chi connectivity index (χ4n) is 3.37. The SMILES string of the molecule is C=C[C@H](OCc1ccc(OC)cc1)[C@](C)(O)CC[C@H](CC(=O)OC(C)(C)C)O[Si](C)(C)C(C)(C)C. The number of esters is 1. The normalized spacial score (nSPS) is 16.2. The van der Waals surface area contributed by atoms with Crippen LogP contribution in [0.25, 0.3) is 0 Å². The Morgan fingerprint density at radius 3 is 2.11 bits per heavy atom. The van der Waals surface area contributed by atoms with Crippen LogP contribution in [0.1, 0.15) is 73.3 Å². The molecule has 200 valence electrons. The van der Waals surface area contributed by atoms with Gasteiger partial charge in [0.05, 0.1) is 31.8 Å². The van der Waals surface area contributed by atoms with E-state index in [-0.39, 0.29) is 23.5 Å². The first-order chi connectivity index (χ1) is 15.9. The highest BCUT2D eigenvalue weighted by atomic mass is 28.4. The molecule has 0 fully saturated rings. The van der Waals surface area contributed by atoms with Crippen molar-refractivity contribution in [1.82, 2.24) is 0 Å². The van der Waals surface area contributed by atoms with Crippen molar-refractivity contribution in [1.29, 1.82) is 0 Å². The molecule has 1 aromatic carbocycles. The molecule has 6 nitrogen and oxygen atoms in total. The molecule has 0 spiro atoms. The van der Waals surface area contributed by atoms with Crippen molar-refractivity contribution in [2.75, 3.05) is 7.11 Å². The van der Waals surface area contributed by atoms with Gasteiger partial charge in [-0.25, -0.2) is 0 Å². The van der Waals surface area contributed by atoms with Gasteiger partial charge in [-0.05, 0) is 76.4 Å². The maximum atomic E-state index is 12.6. The van der Waals surface area contributed by atoms with Crippen LogP contribution in [0.3, 0.4) is 0 Å². The van der Waals surface area contributed by atoms with E-state index in [0.29, 0.717) is 19.4 Å². The number of hydrogen-bond donors (Lipinski definition) is 1. The summed E-state index contributed by atoms with van der Waals surface area (Å²) >= 11 is 0. The van der Waals surface area contributed by atoms with Crippen molar-refractivity contribution < 1.29 is 28.5 Å². The highest BCUT2D eigenvalue weighted by molar-refractivity contribution is 6.74. The molecule has 0 unspecified atom stereocenters. The Morgan fingerprint density at radius 1 is 1.09 bits per heavy atom. The molecule has 0 aliphatic carbocycles. The summed E-state index contributed by atoms with van der Waals surface area (Å²) in [6, 6.07) is 7.60. The van der Waals surface area contributed by atoms with Crippen molar-refractivity contribution in [2.45, 2.75) is 116 Å². The predicted molar refractivity (Wildman–Crippen MR) is 144 cm³/mol. The smallest absolute Gasteiger partial charge is 0.308 e. The summed E-state index contributed by atoms with van der Waals surface area (Å²) in [4.78, 5) is 12.6. The number of benzene rings is 1. The first-order valence-corrected chi connectivity index (χ1v) is 15.3. The lowest BCUT2D eigenvalue weighted by Crippen LogP contribution is -2.46. The Hall–Kier alpha value is -1.67. The third-order valence-electron chi connectivity index (χ3n) is 6.47. The monoisotopic (exact) mass is 508 g/mol. The van der Waals surface area contributed by atoms with Crippen molar-refractivity contribution in [2.24, 2.45) is 0 Å². The van der Waals surface area contributed by atoms with Gasteiger partial charge in [-0.3, -0.25) is 4.79 Å². The van der Waals surface area contributed by atoms with Crippen molar-refractivity contribution in [3.05, 3.63) is 42.5 Å². The molecule has 0 amide bonds. The molecule has 0 aliphatic heterocycles. The number of carbonyl (C=O) groups is 1. The van der Waals surface area contributed by atoms with E-state index >= 15 is 0 Å². The largest absolute Gasteiger partial charge is 0.497 e. The number of methoxy groups -OCH3 is 1. The second-order valence-corrected chi connectivity index (χ2v) is 16.8. The number of rotatable bonds is 13. The predicted octanol–water partition coefficient (Wildman–Crippen LogP) is 6.42. The fourth-order valence-corrected chi connectivity index (χ4v) is 4.76. The molecule has 0 aromatic heterocycles. The summed E-state index contributed by atoms with van der Waals surface area (Å²) in [7, 11) is -0.517. The maximum Gasteiger partial charge on any atom is 0.308 e. The Labute approximate surface area is 214 Å². The Kier molecular flexibility index (Phi) is 11.2. The van der Waals surface area contributed by atoms with Gasteiger partial charge in [0.2, 0.25) is 0 Å². The lowest BCUT2D eigenvalue weighted by Gasteiger charge is -2.40. The van der Waals surface area contributed by atoms with Crippen LogP contribution in [0.15, 0.2) is 36.9 Å². The fraction of sp³-hybridized carbons (Fsp3) is 0.679. The molecule has 0 saturated heterocycles. The molecule has 0 aliphatic rings. The molecule has 0 heterocycles. The number of aliphatic hydroxyl groups is 1. The van der Waals surface area contributed by atoms with Gasteiger partial charge in [0, 0.05) is 0 Å². The first kappa shape index (κ1) is 31.4. The molecule has 3 atom stereocenters. The summed E-state index contributed by atoms with van der Waals surface area (Å²) in [5.41, 5.74) is -0.776. The van der Waals surface area contributed by atoms with Gasteiger partial charge in [0.15, 0.2) is 8.32 Å². The van der Waals surface area contributed by atoms with E-state index in [4.69, 9.17) is 18.6 Å². The minimum Gasteiger partial charge on any atom is -0.497 e. The topological polar surface area (TPSA) is 74.2 Å². The van der Waals surface area contributed by atoms with Gasteiger partial charge in [-0.2, -0.15) is 0 Å². The molecule has 1 rings (SSSR count). The minimum absolute atomic E-state index is 0.00712. The zero-order valence-electron chi connectivity index (χ0n) is 23.6. The molecule has 0 saturated carbocycles. The summed E-state index contributed by atoms with van der Waals surface area (Å²) in [5.74, 6) is 0.482. The van der Waals surface area contributed by atoms with Crippen LogP contribution in [-0.2, 0) is 25.3 Å². The maximum absolute atomic E-state index is 12.6. The third kappa shape index (κ3) is 10.9. The summed E-state index contributed by atoms with van der Waals surface area (Å²) in [6.45, 7) is 22.3. The van der Waals surface area contributed by atoms with Crippen LogP contribution in [0, 0.1) is 0 Å². The highest BCUT2D eigenvalue weighted by Gasteiger charge is 2.41. The lowest BCUT2D eigenvalue weighted by atomic mass is 9.91. The van der Waals surface area contributed by atoms with Gasteiger partial charge in [-0.15, -0.1) is 6.58 Å². The van der Waals surface area contributed by atoms with Crippen LogP contribution in [-0.4, -0.2) is 49.9 Å². The van der Waals surface area contributed by atoms with Gasteiger partial charge >= 0.3 is 5.97 Å². The first-order valence-electron chi connectivity index (χ1n) is 12.4. The molecular weight excluding hydrogens is 460 g/mol. The summed E-state index contributed by atoms with van der Waals surface area (Å²) in [5, 5.41) is 11.3. The summed E-state index contributed by atoms with van der Waals surface area (Å²) < 4.78 is 23.4. The third-order valence-corrected chi connectivity index (χ3v) is 11.0. The Morgan fingerprint density at radius 2 is 1.66 bits per heavy atom. The van der Waals surface area contributed by atoms with E-state index in [0.717, 1.165) is 11.3 Å². The van der Waals surface area contributed by atoms with Crippen LogP contribution < -0.4 is 4.74 Å². The minimum atomic E-state index is -2.14. The zero-order valence-corrected chi connectivity index (χ0v) is 24.6. The van der Waals surface area contributed by atoms with E-state index in [1.165, 1.54) is 0 Å². The highest BCUT2D eigenvalue weighted by Crippen LogP contribution is 2.38. The average molecular weight is 509 g/mol. The number of hydrogen-bond acceptors (Lipinski definition) is 6. The van der Waals surface area contributed by atoms with E-state index in [9.17, 15) is 9.90 Å². The number of ether oxygens (including phenoxy) is 3. The van der Waals surface area contributed by atoms with Crippen molar-refractivity contribution in [3.8, 4) is 5.75 Å². The second-order valence-electron chi connectivity index (χ2n) is 12.0. The van der Waals surface area contributed by atoms with Gasteiger partial charge in [-0.1, -0.05) is 39.0 Å². The molecule has 35 heavy (non-hydrogen) atoms. The quantitative estimate of drug-likeness (QED) is 0.188.